The summed E-state index contributed by atoms with van der Waals surface area (Å²) in [6.45, 7) is 6.73. The van der Waals surface area contributed by atoms with Gasteiger partial charge in [-0.2, -0.15) is 0 Å². The Balaban J connectivity index is 1.56. The quantitative estimate of drug-likeness (QED) is 0.841. The lowest BCUT2D eigenvalue weighted by Gasteiger charge is -2.35. The molecule has 1 aromatic heterocycles. The molecule has 0 saturated carbocycles. The molecule has 2 atom stereocenters. The molecule has 116 valence electrons. The Morgan fingerprint density at radius 2 is 2.19 bits per heavy atom. The Morgan fingerprint density at radius 3 is 3.00 bits per heavy atom. The van der Waals surface area contributed by atoms with Crippen LogP contribution in [-0.4, -0.2) is 59.8 Å². The Labute approximate surface area is 133 Å². The Kier molecular flexibility index (Phi) is 4.92. The molecule has 6 nitrogen and oxygen atoms in total. The number of fused-ring (bicyclic) bond motifs is 1. The van der Waals surface area contributed by atoms with Gasteiger partial charge in [-0.05, 0) is 42.2 Å². The van der Waals surface area contributed by atoms with Crippen LogP contribution in [0.1, 0.15) is 19.8 Å². The van der Waals surface area contributed by atoms with Gasteiger partial charge >= 0.3 is 0 Å². The minimum Gasteiger partial charge on any atom is -0.373 e. The van der Waals surface area contributed by atoms with E-state index < -0.39 is 0 Å². The Morgan fingerprint density at radius 1 is 1.38 bits per heavy atom. The molecular weight excluding hydrogens is 334 g/mol. The van der Waals surface area contributed by atoms with Crippen LogP contribution in [0.3, 0.4) is 0 Å². The molecule has 2 aliphatic heterocycles. The summed E-state index contributed by atoms with van der Waals surface area (Å²) in [7, 11) is 0. The molecule has 0 spiro atoms. The molecule has 2 saturated heterocycles. The number of hydrogen-bond donors (Lipinski definition) is 2. The van der Waals surface area contributed by atoms with Crippen LogP contribution in [0.5, 0.6) is 0 Å². The highest BCUT2D eigenvalue weighted by Gasteiger charge is 2.32. The number of morpholine rings is 1. The average molecular weight is 356 g/mol. The lowest BCUT2D eigenvalue weighted by molar-refractivity contribution is -0.0416. The van der Waals surface area contributed by atoms with Crippen LogP contribution in [0, 0.1) is 0 Å². The molecule has 0 aromatic carbocycles. The first kappa shape index (κ1) is 15.0. The summed E-state index contributed by atoms with van der Waals surface area (Å²) in [4.78, 5) is 11.1. The molecule has 2 aliphatic rings. The van der Waals surface area contributed by atoms with Crippen molar-refractivity contribution in [3.8, 4) is 0 Å². The third-order valence-corrected chi connectivity index (χ3v) is 4.84. The standard InChI is InChI=1S/C14H22BrN5O/c1-2-16-13-12(15)14(19-9-18-13)17-6-11-7-20-5-3-4-10(20)8-21-11/h9-11H,2-8H2,1H3,(H2,16,17,18,19). The number of hydrogen-bond acceptors (Lipinski definition) is 6. The van der Waals surface area contributed by atoms with E-state index in [-0.39, 0.29) is 6.10 Å². The highest BCUT2D eigenvalue weighted by atomic mass is 79.9. The smallest absolute Gasteiger partial charge is 0.146 e. The first-order valence-electron chi connectivity index (χ1n) is 7.61. The Hall–Kier alpha value is -0.920. The van der Waals surface area contributed by atoms with Crippen LogP contribution in [0.2, 0.25) is 0 Å². The average Bonchev–Trinajstić information content (AvgIpc) is 2.96. The molecule has 3 rings (SSSR count). The number of ether oxygens (including phenoxy) is 1. The lowest BCUT2D eigenvalue weighted by atomic mass is 10.2. The van der Waals surface area contributed by atoms with Gasteiger partial charge in [0, 0.05) is 25.7 Å². The van der Waals surface area contributed by atoms with E-state index in [4.69, 9.17) is 4.74 Å². The number of anilines is 2. The molecule has 21 heavy (non-hydrogen) atoms. The summed E-state index contributed by atoms with van der Waals surface area (Å²) in [5.74, 6) is 1.63. The summed E-state index contributed by atoms with van der Waals surface area (Å²) in [6, 6.07) is 0.646. The molecule has 3 heterocycles. The van der Waals surface area contributed by atoms with E-state index in [1.54, 1.807) is 6.33 Å². The highest BCUT2D eigenvalue weighted by molar-refractivity contribution is 9.10. The molecule has 2 unspecified atom stereocenters. The number of nitrogens with zero attached hydrogens (tertiary/aromatic N) is 3. The van der Waals surface area contributed by atoms with E-state index in [1.165, 1.54) is 19.4 Å². The van der Waals surface area contributed by atoms with Crippen LogP contribution in [0.25, 0.3) is 0 Å². The van der Waals surface area contributed by atoms with Crippen molar-refractivity contribution < 1.29 is 4.74 Å². The summed E-state index contributed by atoms with van der Waals surface area (Å²) < 4.78 is 6.83. The molecule has 2 N–H and O–H groups in total. The number of aromatic nitrogens is 2. The summed E-state index contributed by atoms with van der Waals surface area (Å²) >= 11 is 3.55. The topological polar surface area (TPSA) is 62.3 Å². The predicted octanol–water partition coefficient (Wildman–Crippen LogP) is 1.95. The highest BCUT2D eigenvalue weighted by Crippen LogP contribution is 2.27. The van der Waals surface area contributed by atoms with Crippen molar-refractivity contribution in [2.24, 2.45) is 0 Å². The fourth-order valence-corrected chi connectivity index (χ4v) is 3.49. The van der Waals surface area contributed by atoms with E-state index in [2.05, 4.69) is 41.4 Å². The second-order valence-electron chi connectivity index (χ2n) is 5.54. The van der Waals surface area contributed by atoms with Gasteiger partial charge in [0.05, 0.1) is 12.7 Å². The van der Waals surface area contributed by atoms with Crippen molar-refractivity contribution in [2.45, 2.75) is 31.9 Å². The van der Waals surface area contributed by atoms with Crippen LogP contribution in [-0.2, 0) is 4.74 Å². The van der Waals surface area contributed by atoms with Crippen molar-refractivity contribution in [2.75, 3.05) is 43.4 Å². The van der Waals surface area contributed by atoms with Gasteiger partial charge in [-0.1, -0.05) is 0 Å². The maximum absolute atomic E-state index is 5.95. The maximum Gasteiger partial charge on any atom is 0.146 e. The van der Waals surface area contributed by atoms with Gasteiger partial charge in [0.1, 0.15) is 22.4 Å². The fourth-order valence-electron chi connectivity index (χ4n) is 3.00. The van der Waals surface area contributed by atoms with Gasteiger partial charge in [0.15, 0.2) is 0 Å². The van der Waals surface area contributed by atoms with E-state index >= 15 is 0 Å². The van der Waals surface area contributed by atoms with E-state index in [9.17, 15) is 0 Å². The van der Waals surface area contributed by atoms with E-state index in [0.717, 1.165) is 42.3 Å². The van der Waals surface area contributed by atoms with E-state index in [1.807, 2.05) is 6.92 Å². The third-order valence-electron chi connectivity index (χ3n) is 4.09. The second-order valence-corrected chi connectivity index (χ2v) is 6.34. The zero-order valence-electron chi connectivity index (χ0n) is 12.3. The van der Waals surface area contributed by atoms with Gasteiger partial charge < -0.3 is 15.4 Å². The molecule has 0 radical (unpaired) electrons. The van der Waals surface area contributed by atoms with Crippen LogP contribution < -0.4 is 10.6 Å². The summed E-state index contributed by atoms with van der Waals surface area (Å²) in [6.07, 6.45) is 4.38. The van der Waals surface area contributed by atoms with Gasteiger partial charge in [0.25, 0.3) is 0 Å². The predicted molar refractivity (Wildman–Crippen MR) is 86.7 cm³/mol. The summed E-state index contributed by atoms with van der Waals surface area (Å²) in [5.41, 5.74) is 0. The van der Waals surface area contributed by atoms with Gasteiger partial charge in [-0.25, -0.2) is 9.97 Å². The molecule has 0 amide bonds. The minimum atomic E-state index is 0.226. The SMILES string of the molecule is CCNc1ncnc(NCC2CN3CCCC3CO2)c1Br. The normalized spacial score (nSPS) is 25.6. The first-order valence-corrected chi connectivity index (χ1v) is 8.41. The van der Waals surface area contributed by atoms with Crippen LogP contribution in [0.15, 0.2) is 10.8 Å². The fraction of sp³-hybridized carbons (Fsp3) is 0.714. The Bertz CT molecular complexity index is 486. The minimum absolute atomic E-state index is 0.226. The first-order chi connectivity index (χ1) is 10.3. The number of rotatable bonds is 5. The van der Waals surface area contributed by atoms with Crippen molar-refractivity contribution in [3.63, 3.8) is 0 Å². The van der Waals surface area contributed by atoms with Crippen molar-refractivity contribution >= 4 is 27.6 Å². The lowest BCUT2D eigenvalue weighted by Crippen LogP contribution is -2.48. The van der Waals surface area contributed by atoms with E-state index in [0.29, 0.717) is 6.04 Å². The van der Waals surface area contributed by atoms with Crippen LogP contribution in [0.4, 0.5) is 11.6 Å². The van der Waals surface area contributed by atoms with Crippen molar-refractivity contribution in [3.05, 3.63) is 10.8 Å². The number of halogens is 1. The van der Waals surface area contributed by atoms with Crippen LogP contribution >= 0.6 is 15.9 Å². The van der Waals surface area contributed by atoms with Crippen molar-refractivity contribution in [1.82, 2.24) is 14.9 Å². The molecule has 7 heteroatoms. The molecule has 1 aromatic rings. The second kappa shape index (κ2) is 6.89. The molecule has 2 fully saturated rings. The monoisotopic (exact) mass is 355 g/mol. The molecule has 0 bridgehead atoms. The van der Waals surface area contributed by atoms with Gasteiger partial charge in [-0.3, -0.25) is 4.90 Å². The largest absolute Gasteiger partial charge is 0.373 e. The van der Waals surface area contributed by atoms with Gasteiger partial charge in [-0.15, -0.1) is 0 Å². The van der Waals surface area contributed by atoms with Crippen molar-refractivity contribution in [1.29, 1.82) is 0 Å². The zero-order chi connectivity index (χ0) is 14.7. The number of nitrogens with one attached hydrogen (secondary N) is 2. The third kappa shape index (κ3) is 3.46. The van der Waals surface area contributed by atoms with Gasteiger partial charge in [0.2, 0.25) is 0 Å². The maximum atomic E-state index is 5.95. The molecule has 0 aliphatic carbocycles. The summed E-state index contributed by atoms with van der Waals surface area (Å²) in [5, 5.41) is 6.58. The zero-order valence-corrected chi connectivity index (χ0v) is 13.9. The molecular formula is C14H22BrN5O.